The van der Waals surface area contributed by atoms with Gasteiger partial charge in [-0.05, 0) is 73.2 Å². The first-order valence-electron chi connectivity index (χ1n) is 9.82. The van der Waals surface area contributed by atoms with Crippen molar-refractivity contribution in [3.05, 3.63) is 101 Å². The third-order valence-electron chi connectivity index (χ3n) is 5.09. The zero-order valence-electron chi connectivity index (χ0n) is 17.2. The maximum absolute atomic E-state index is 14.8. The number of rotatable bonds is 6. The van der Waals surface area contributed by atoms with Gasteiger partial charge in [0, 0.05) is 16.8 Å². The minimum absolute atomic E-state index is 0.00546. The number of aromatic nitrogens is 1. The number of hydrogen-bond donors (Lipinski definition) is 2. The molecular formula is C25H20F2N2O3. The van der Waals surface area contributed by atoms with Gasteiger partial charge in [0.1, 0.15) is 29.7 Å². The summed E-state index contributed by atoms with van der Waals surface area (Å²) in [5, 5.41) is 10.1. The van der Waals surface area contributed by atoms with Crippen LogP contribution in [0, 0.1) is 18.6 Å². The number of amides is 1. The van der Waals surface area contributed by atoms with Gasteiger partial charge in [-0.25, -0.2) is 8.78 Å². The molecule has 1 amide bonds. The van der Waals surface area contributed by atoms with Crippen LogP contribution in [0.3, 0.4) is 0 Å². The summed E-state index contributed by atoms with van der Waals surface area (Å²) in [6.07, 6.45) is 0. The highest BCUT2D eigenvalue weighted by Crippen LogP contribution is 2.37. The Kier molecular flexibility index (Phi) is 5.64. The highest BCUT2D eigenvalue weighted by Gasteiger charge is 2.18. The van der Waals surface area contributed by atoms with Gasteiger partial charge in [-0.2, -0.15) is 0 Å². The lowest BCUT2D eigenvalue weighted by Crippen LogP contribution is -2.12. The summed E-state index contributed by atoms with van der Waals surface area (Å²) in [4.78, 5) is 11.6. The molecule has 4 rings (SSSR count). The molecule has 1 heterocycles. The topological polar surface area (TPSA) is 77.5 Å². The van der Waals surface area contributed by atoms with Crippen LogP contribution < -0.4 is 10.5 Å². The van der Waals surface area contributed by atoms with Crippen LogP contribution in [0.25, 0.3) is 16.9 Å². The number of benzene rings is 3. The van der Waals surface area contributed by atoms with Crippen LogP contribution in [0.2, 0.25) is 0 Å². The monoisotopic (exact) mass is 434 g/mol. The Bertz CT molecular complexity index is 1300. The van der Waals surface area contributed by atoms with Gasteiger partial charge >= 0.3 is 0 Å². The molecule has 3 N–H and O–H groups in total. The number of aryl methyl sites for hydroxylation is 1. The first-order valence-corrected chi connectivity index (χ1v) is 9.82. The predicted octanol–water partition coefficient (Wildman–Crippen LogP) is 5.11. The average molecular weight is 434 g/mol. The second kappa shape index (κ2) is 8.55. The van der Waals surface area contributed by atoms with Gasteiger partial charge < -0.3 is 20.1 Å². The van der Waals surface area contributed by atoms with Crippen molar-refractivity contribution in [2.75, 3.05) is 0 Å². The number of hydrogen-bond acceptors (Lipinski definition) is 3. The molecule has 0 saturated carbocycles. The van der Waals surface area contributed by atoms with Gasteiger partial charge in [0.25, 0.3) is 0 Å². The fourth-order valence-corrected chi connectivity index (χ4v) is 3.49. The van der Waals surface area contributed by atoms with E-state index in [2.05, 4.69) is 0 Å². The standard InChI is InChI=1S/C25H20F2N2O3/c1-15-2-10-22(29(15)23-12-17(25(28)31)5-9-21(23)27)20-13-19(30)8-11-24(20)32-14-16-3-6-18(26)7-4-16/h2-13,30H,14H2,1H3,(H2,28,31). The van der Waals surface area contributed by atoms with Crippen LogP contribution in [0.15, 0.2) is 72.8 Å². The maximum atomic E-state index is 14.8. The van der Waals surface area contributed by atoms with Crippen molar-refractivity contribution < 1.29 is 23.4 Å². The van der Waals surface area contributed by atoms with E-state index in [-0.39, 0.29) is 29.4 Å². The summed E-state index contributed by atoms with van der Waals surface area (Å²) < 4.78 is 35.5. The molecular weight excluding hydrogens is 414 g/mol. The molecule has 32 heavy (non-hydrogen) atoms. The van der Waals surface area contributed by atoms with E-state index in [1.165, 1.54) is 42.5 Å². The number of primary amides is 1. The highest BCUT2D eigenvalue weighted by atomic mass is 19.1. The van der Waals surface area contributed by atoms with Crippen molar-refractivity contribution in [3.8, 4) is 28.4 Å². The lowest BCUT2D eigenvalue weighted by Gasteiger charge is -2.17. The highest BCUT2D eigenvalue weighted by molar-refractivity contribution is 5.93. The van der Waals surface area contributed by atoms with E-state index in [4.69, 9.17) is 10.5 Å². The molecule has 7 heteroatoms. The number of phenols is 1. The Hall–Kier alpha value is -4.13. The number of phenolic OH excluding ortho intramolecular Hbond substituents is 1. The smallest absolute Gasteiger partial charge is 0.248 e. The molecule has 0 saturated heterocycles. The first kappa shape index (κ1) is 21.1. The second-order valence-electron chi connectivity index (χ2n) is 7.32. The van der Waals surface area contributed by atoms with E-state index in [0.29, 0.717) is 22.7 Å². The number of aromatic hydroxyl groups is 1. The summed E-state index contributed by atoms with van der Waals surface area (Å²) in [5.74, 6) is -1.10. The van der Waals surface area contributed by atoms with Crippen LogP contribution in [0.5, 0.6) is 11.5 Å². The maximum Gasteiger partial charge on any atom is 0.248 e. The minimum atomic E-state index is -0.668. The molecule has 5 nitrogen and oxygen atoms in total. The molecule has 1 aromatic heterocycles. The molecule has 0 radical (unpaired) electrons. The quantitative estimate of drug-likeness (QED) is 0.443. The van der Waals surface area contributed by atoms with E-state index >= 15 is 0 Å². The van der Waals surface area contributed by atoms with Crippen LogP contribution >= 0.6 is 0 Å². The Morgan fingerprint density at radius 2 is 1.75 bits per heavy atom. The van der Waals surface area contributed by atoms with Gasteiger partial charge in [0.2, 0.25) is 5.91 Å². The van der Waals surface area contributed by atoms with Crippen LogP contribution in [-0.2, 0) is 6.61 Å². The van der Waals surface area contributed by atoms with Crippen LogP contribution in [0.1, 0.15) is 21.6 Å². The Labute approximate surface area is 183 Å². The molecule has 3 aromatic carbocycles. The number of ether oxygens (including phenoxy) is 1. The summed E-state index contributed by atoms with van der Waals surface area (Å²) in [5.41, 5.74) is 8.22. The van der Waals surface area contributed by atoms with Crippen molar-refractivity contribution in [2.24, 2.45) is 5.73 Å². The SMILES string of the molecule is Cc1ccc(-c2cc(O)ccc2OCc2ccc(F)cc2)n1-c1cc(C(N)=O)ccc1F. The van der Waals surface area contributed by atoms with E-state index in [0.717, 1.165) is 5.56 Å². The molecule has 0 atom stereocenters. The number of halogens is 2. The van der Waals surface area contributed by atoms with Gasteiger partial charge in [0.15, 0.2) is 0 Å². The van der Waals surface area contributed by atoms with Gasteiger partial charge in [-0.1, -0.05) is 12.1 Å². The normalized spacial score (nSPS) is 10.8. The molecule has 162 valence electrons. The van der Waals surface area contributed by atoms with Crippen molar-refractivity contribution >= 4 is 5.91 Å². The van der Waals surface area contributed by atoms with Gasteiger partial charge in [0.05, 0.1) is 11.4 Å². The largest absolute Gasteiger partial charge is 0.508 e. The Balaban J connectivity index is 1.79. The number of carbonyl (C=O) groups is 1. The molecule has 0 fully saturated rings. The molecule has 0 unspecified atom stereocenters. The Morgan fingerprint density at radius 1 is 1.00 bits per heavy atom. The summed E-state index contributed by atoms with van der Waals surface area (Å²) >= 11 is 0. The van der Waals surface area contributed by atoms with Crippen molar-refractivity contribution in [2.45, 2.75) is 13.5 Å². The van der Waals surface area contributed by atoms with Crippen LogP contribution in [0.4, 0.5) is 8.78 Å². The van der Waals surface area contributed by atoms with Crippen molar-refractivity contribution in [3.63, 3.8) is 0 Å². The Morgan fingerprint density at radius 3 is 2.47 bits per heavy atom. The molecule has 0 spiro atoms. The molecule has 0 aliphatic rings. The van der Waals surface area contributed by atoms with Gasteiger partial charge in [-0.3, -0.25) is 4.79 Å². The molecule has 0 aliphatic carbocycles. The predicted molar refractivity (Wildman–Crippen MR) is 117 cm³/mol. The van der Waals surface area contributed by atoms with E-state index in [1.54, 1.807) is 41.8 Å². The zero-order chi connectivity index (χ0) is 22.8. The summed E-state index contributed by atoms with van der Waals surface area (Å²) in [7, 11) is 0. The van der Waals surface area contributed by atoms with E-state index < -0.39 is 11.7 Å². The second-order valence-corrected chi connectivity index (χ2v) is 7.32. The van der Waals surface area contributed by atoms with Crippen LogP contribution in [-0.4, -0.2) is 15.6 Å². The van der Waals surface area contributed by atoms with Gasteiger partial charge in [-0.15, -0.1) is 0 Å². The molecule has 0 aliphatic heterocycles. The third kappa shape index (κ3) is 4.18. The number of carbonyl (C=O) groups excluding carboxylic acids is 1. The number of nitrogens with zero attached hydrogens (tertiary/aromatic N) is 1. The summed E-state index contributed by atoms with van der Waals surface area (Å²) in [6, 6.07) is 18.0. The first-order chi connectivity index (χ1) is 15.3. The third-order valence-corrected chi connectivity index (χ3v) is 5.09. The number of nitrogens with two attached hydrogens (primary N) is 1. The molecule has 0 bridgehead atoms. The fourth-order valence-electron chi connectivity index (χ4n) is 3.49. The molecule has 4 aromatic rings. The zero-order valence-corrected chi connectivity index (χ0v) is 17.2. The van der Waals surface area contributed by atoms with E-state index in [1.807, 2.05) is 0 Å². The van der Waals surface area contributed by atoms with E-state index in [9.17, 15) is 18.7 Å². The minimum Gasteiger partial charge on any atom is -0.508 e. The van der Waals surface area contributed by atoms with Crippen molar-refractivity contribution in [1.29, 1.82) is 0 Å². The lowest BCUT2D eigenvalue weighted by atomic mass is 10.1. The lowest BCUT2D eigenvalue weighted by molar-refractivity contribution is 0.1000. The van der Waals surface area contributed by atoms with Crippen molar-refractivity contribution in [1.82, 2.24) is 4.57 Å². The average Bonchev–Trinajstić information content (AvgIpc) is 3.15. The summed E-state index contributed by atoms with van der Waals surface area (Å²) in [6.45, 7) is 1.96. The fraction of sp³-hybridized carbons (Fsp3) is 0.0800.